The maximum Gasteiger partial charge on any atom is 0.410 e. The predicted molar refractivity (Wildman–Crippen MR) is 159 cm³/mol. The number of benzene rings is 2. The third kappa shape index (κ3) is 6.10. The number of aromatic nitrogens is 2. The molecule has 2 aromatic heterocycles. The van der Waals surface area contributed by atoms with E-state index in [0.29, 0.717) is 43.0 Å². The van der Waals surface area contributed by atoms with Gasteiger partial charge in [-0.15, -0.1) is 0 Å². The Morgan fingerprint density at radius 1 is 0.905 bits per heavy atom. The molecule has 4 aromatic rings. The van der Waals surface area contributed by atoms with Crippen LogP contribution in [0.3, 0.4) is 0 Å². The van der Waals surface area contributed by atoms with E-state index in [0.717, 1.165) is 28.0 Å². The largest absolute Gasteiger partial charge is 0.444 e. The van der Waals surface area contributed by atoms with Gasteiger partial charge in [-0.2, -0.15) is 5.26 Å². The van der Waals surface area contributed by atoms with Crippen LogP contribution in [-0.4, -0.2) is 68.9 Å². The fourth-order valence-electron chi connectivity index (χ4n) is 4.87. The Hall–Kier alpha value is -5.17. The lowest BCUT2D eigenvalue weighted by Crippen LogP contribution is -2.51. The van der Waals surface area contributed by atoms with Crippen LogP contribution in [0.15, 0.2) is 67.0 Å². The number of fused-ring (bicyclic) bond motifs is 1. The van der Waals surface area contributed by atoms with Crippen molar-refractivity contribution in [2.24, 2.45) is 0 Å². The monoisotopic (exact) mass is 564 g/mol. The van der Waals surface area contributed by atoms with Crippen molar-refractivity contribution < 1.29 is 19.1 Å². The maximum absolute atomic E-state index is 13.5. The first kappa shape index (κ1) is 28.4. The Morgan fingerprint density at radius 2 is 1.55 bits per heavy atom. The first-order valence-corrected chi connectivity index (χ1v) is 13.7. The van der Waals surface area contributed by atoms with Gasteiger partial charge in [-0.25, -0.2) is 9.78 Å². The van der Waals surface area contributed by atoms with Crippen LogP contribution < -0.4 is 5.32 Å². The normalized spacial score (nSPS) is 13.5. The van der Waals surface area contributed by atoms with Crippen LogP contribution in [0.4, 0.5) is 10.5 Å². The molecule has 0 atom stereocenters. The lowest BCUT2D eigenvalue weighted by molar-refractivity contribution is -0.114. The molecule has 214 valence electrons. The molecule has 42 heavy (non-hydrogen) atoms. The average molecular weight is 565 g/mol. The number of imidazole rings is 1. The van der Waals surface area contributed by atoms with Gasteiger partial charge in [0.25, 0.3) is 5.91 Å². The second-order valence-corrected chi connectivity index (χ2v) is 11.2. The SMILES string of the molecule is CC(=O)Nc1cc(-c2ccc3ncc(-c4ccc(C#N)cc4)n3c2)ccc1C(=O)N1CCN(C(=O)OC(C)(C)C)CC1. The summed E-state index contributed by atoms with van der Waals surface area (Å²) in [7, 11) is 0. The molecule has 10 heteroatoms. The third-order valence-corrected chi connectivity index (χ3v) is 6.93. The van der Waals surface area contributed by atoms with Crippen LogP contribution in [0.2, 0.25) is 0 Å². The van der Waals surface area contributed by atoms with Crippen molar-refractivity contribution >= 4 is 29.2 Å². The summed E-state index contributed by atoms with van der Waals surface area (Å²) in [5.74, 6) is -0.508. The molecule has 1 saturated heterocycles. The molecule has 10 nitrogen and oxygen atoms in total. The first-order chi connectivity index (χ1) is 20.0. The van der Waals surface area contributed by atoms with Crippen LogP contribution in [0.5, 0.6) is 0 Å². The second kappa shape index (κ2) is 11.4. The van der Waals surface area contributed by atoms with Crippen molar-refractivity contribution in [1.29, 1.82) is 5.26 Å². The quantitative estimate of drug-likeness (QED) is 0.364. The second-order valence-electron chi connectivity index (χ2n) is 11.2. The number of nitriles is 1. The lowest BCUT2D eigenvalue weighted by atomic mass is 10.0. The van der Waals surface area contributed by atoms with Crippen LogP contribution in [0.25, 0.3) is 28.0 Å². The molecule has 0 radical (unpaired) electrons. The summed E-state index contributed by atoms with van der Waals surface area (Å²) in [6.07, 6.45) is 3.35. The highest BCUT2D eigenvalue weighted by atomic mass is 16.6. The zero-order valence-corrected chi connectivity index (χ0v) is 24.0. The van der Waals surface area contributed by atoms with E-state index in [9.17, 15) is 14.4 Å². The van der Waals surface area contributed by atoms with E-state index in [1.54, 1.807) is 40.3 Å². The Balaban J connectivity index is 1.40. The minimum Gasteiger partial charge on any atom is -0.444 e. The van der Waals surface area contributed by atoms with E-state index < -0.39 is 11.7 Å². The van der Waals surface area contributed by atoms with E-state index in [1.165, 1.54) is 6.92 Å². The molecule has 1 aliphatic rings. The lowest BCUT2D eigenvalue weighted by Gasteiger charge is -2.35. The average Bonchev–Trinajstić information content (AvgIpc) is 3.39. The van der Waals surface area contributed by atoms with E-state index >= 15 is 0 Å². The summed E-state index contributed by atoms with van der Waals surface area (Å²) < 4.78 is 7.43. The van der Waals surface area contributed by atoms with Crippen LogP contribution in [0.1, 0.15) is 43.6 Å². The number of hydrogen-bond donors (Lipinski definition) is 1. The zero-order valence-electron chi connectivity index (χ0n) is 24.0. The van der Waals surface area contributed by atoms with Crippen molar-refractivity contribution in [3.05, 3.63) is 78.1 Å². The van der Waals surface area contributed by atoms with Crippen LogP contribution in [0, 0.1) is 11.3 Å². The fourth-order valence-corrected chi connectivity index (χ4v) is 4.87. The Morgan fingerprint density at radius 3 is 2.19 bits per heavy atom. The highest BCUT2D eigenvalue weighted by Crippen LogP contribution is 2.30. The number of nitrogens with zero attached hydrogens (tertiary/aromatic N) is 5. The topological polar surface area (TPSA) is 120 Å². The molecule has 1 aliphatic heterocycles. The van der Waals surface area contributed by atoms with Gasteiger partial charge >= 0.3 is 6.09 Å². The van der Waals surface area contributed by atoms with Crippen molar-refractivity contribution in [2.45, 2.75) is 33.3 Å². The number of piperazine rings is 1. The summed E-state index contributed by atoms with van der Waals surface area (Å²) in [5, 5.41) is 11.9. The zero-order chi connectivity index (χ0) is 30.0. The first-order valence-electron chi connectivity index (χ1n) is 13.7. The molecule has 3 heterocycles. The van der Waals surface area contributed by atoms with Gasteiger partial charge in [-0.3, -0.25) is 14.0 Å². The van der Waals surface area contributed by atoms with E-state index in [-0.39, 0.29) is 11.8 Å². The van der Waals surface area contributed by atoms with Gasteiger partial charge in [0.15, 0.2) is 0 Å². The molecule has 0 bridgehead atoms. The standard InChI is InChI=1S/C32H32N6O4/c1-21(39)35-27-17-24(9-11-26(27)30(40)36-13-15-37(16-14-36)31(41)42-32(2,3)4)25-10-12-29-34-19-28(38(29)20-25)23-7-5-22(18-33)6-8-23/h5-12,17,19-20H,13-16H2,1-4H3,(H,35,39). The van der Waals surface area contributed by atoms with E-state index in [1.807, 2.05) is 61.7 Å². The van der Waals surface area contributed by atoms with Crippen molar-refractivity contribution in [3.63, 3.8) is 0 Å². The number of carbonyl (C=O) groups is 3. The Labute approximate surface area is 244 Å². The van der Waals surface area contributed by atoms with Gasteiger partial charge in [0.1, 0.15) is 11.2 Å². The molecule has 3 amide bonds. The van der Waals surface area contributed by atoms with Gasteiger partial charge in [0, 0.05) is 44.9 Å². The number of hydrogen-bond acceptors (Lipinski definition) is 6. The molecular formula is C32H32N6O4. The minimum absolute atomic E-state index is 0.220. The number of carbonyl (C=O) groups excluding carboxylic acids is 3. The van der Waals surface area contributed by atoms with E-state index in [4.69, 9.17) is 10.00 Å². The van der Waals surface area contributed by atoms with Gasteiger partial charge in [0.2, 0.25) is 5.91 Å². The summed E-state index contributed by atoms with van der Waals surface area (Å²) in [4.78, 5) is 45.9. The fraction of sp³-hybridized carbons (Fsp3) is 0.281. The number of rotatable bonds is 4. The number of amides is 3. The minimum atomic E-state index is -0.591. The number of anilines is 1. The Bertz CT molecular complexity index is 1700. The summed E-state index contributed by atoms with van der Waals surface area (Å²) in [5.41, 5.74) is 5.02. The van der Waals surface area contributed by atoms with Crippen LogP contribution >= 0.6 is 0 Å². The van der Waals surface area contributed by atoms with Crippen molar-refractivity contribution in [2.75, 3.05) is 31.5 Å². The molecule has 0 aliphatic carbocycles. The van der Waals surface area contributed by atoms with Crippen molar-refractivity contribution in [1.82, 2.24) is 19.2 Å². The van der Waals surface area contributed by atoms with Gasteiger partial charge in [-0.1, -0.05) is 18.2 Å². The molecular weight excluding hydrogens is 532 g/mol. The molecule has 0 spiro atoms. The third-order valence-electron chi connectivity index (χ3n) is 6.93. The van der Waals surface area contributed by atoms with Crippen molar-refractivity contribution in [3.8, 4) is 28.5 Å². The molecule has 5 rings (SSSR count). The molecule has 0 unspecified atom stereocenters. The highest BCUT2D eigenvalue weighted by molar-refractivity contribution is 6.04. The number of ether oxygens (including phenoxy) is 1. The number of nitrogens with one attached hydrogen (secondary N) is 1. The molecule has 0 saturated carbocycles. The molecule has 2 aromatic carbocycles. The van der Waals surface area contributed by atoms with E-state index in [2.05, 4.69) is 16.4 Å². The number of pyridine rings is 1. The predicted octanol–water partition coefficient (Wildman–Crippen LogP) is 5.19. The maximum atomic E-state index is 13.5. The summed E-state index contributed by atoms with van der Waals surface area (Å²) in [6.45, 7) is 8.30. The molecule has 1 fully saturated rings. The van der Waals surface area contributed by atoms with Gasteiger partial charge in [-0.05, 0) is 68.3 Å². The van der Waals surface area contributed by atoms with Gasteiger partial charge in [0.05, 0.1) is 34.8 Å². The Kier molecular flexibility index (Phi) is 7.68. The highest BCUT2D eigenvalue weighted by Gasteiger charge is 2.29. The summed E-state index contributed by atoms with van der Waals surface area (Å²) >= 11 is 0. The van der Waals surface area contributed by atoms with Crippen LogP contribution in [-0.2, 0) is 9.53 Å². The smallest absolute Gasteiger partial charge is 0.410 e. The van der Waals surface area contributed by atoms with Gasteiger partial charge < -0.3 is 19.9 Å². The molecule has 1 N–H and O–H groups in total. The summed E-state index contributed by atoms with van der Waals surface area (Å²) in [6, 6.07) is 18.7.